The van der Waals surface area contributed by atoms with Crippen LogP contribution in [0.2, 0.25) is 0 Å². The normalized spacial score (nSPS) is 10.4. The molecule has 0 radical (unpaired) electrons. The predicted octanol–water partition coefficient (Wildman–Crippen LogP) is 3.38. The van der Waals surface area contributed by atoms with Gasteiger partial charge in [0, 0.05) is 0 Å². The molecule has 0 aliphatic carbocycles. The Labute approximate surface area is 94.8 Å². The fraction of sp³-hybridized carbons (Fsp3) is 0.143. The molecule has 0 saturated carbocycles. The summed E-state index contributed by atoms with van der Waals surface area (Å²) in [5.41, 5.74) is 4.32. The lowest BCUT2D eigenvalue weighted by atomic mass is 9.98. The molecule has 0 aromatic heterocycles. The van der Waals surface area contributed by atoms with Gasteiger partial charge in [-0.3, -0.25) is 0 Å². The van der Waals surface area contributed by atoms with E-state index in [1.165, 1.54) is 11.6 Å². The number of hydrogen-bond donors (Lipinski definition) is 2. The lowest BCUT2D eigenvalue weighted by Gasteiger charge is -2.08. The lowest BCUT2D eigenvalue weighted by molar-refractivity contribution is 0.404. The molecule has 0 heterocycles. The molecule has 2 aromatic rings. The Balaban J connectivity index is 2.58. The molecule has 82 valence electrons. The molecule has 2 N–H and O–H groups in total. The van der Waals surface area contributed by atoms with Crippen LogP contribution >= 0.6 is 0 Å². The Morgan fingerprint density at radius 1 is 0.812 bits per heavy atom. The molecule has 16 heavy (non-hydrogen) atoms. The van der Waals surface area contributed by atoms with Gasteiger partial charge in [0.25, 0.3) is 0 Å². The van der Waals surface area contributed by atoms with Crippen LogP contribution in [0.4, 0.5) is 0 Å². The van der Waals surface area contributed by atoms with Crippen molar-refractivity contribution in [2.45, 2.75) is 13.8 Å². The highest BCUT2D eigenvalue weighted by Gasteiger charge is 2.05. The van der Waals surface area contributed by atoms with Crippen LogP contribution < -0.4 is 0 Å². The average Bonchev–Trinajstić information content (AvgIpc) is 2.26. The van der Waals surface area contributed by atoms with Gasteiger partial charge < -0.3 is 10.2 Å². The zero-order chi connectivity index (χ0) is 11.7. The monoisotopic (exact) mass is 214 g/mol. The van der Waals surface area contributed by atoms with E-state index < -0.39 is 0 Å². The van der Waals surface area contributed by atoms with Gasteiger partial charge in [-0.25, -0.2) is 0 Å². The molecule has 0 saturated heterocycles. The summed E-state index contributed by atoms with van der Waals surface area (Å²) >= 11 is 0. The summed E-state index contributed by atoms with van der Waals surface area (Å²) in [6.07, 6.45) is 0. The summed E-state index contributed by atoms with van der Waals surface area (Å²) in [6.45, 7) is 4.06. The van der Waals surface area contributed by atoms with Crippen molar-refractivity contribution in [1.82, 2.24) is 0 Å². The van der Waals surface area contributed by atoms with Crippen molar-refractivity contribution in [2.24, 2.45) is 0 Å². The van der Waals surface area contributed by atoms with E-state index in [2.05, 4.69) is 18.2 Å². The van der Waals surface area contributed by atoms with E-state index in [0.717, 1.165) is 16.7 Å². The van der Waals surface area contributed by atoms with Gasteiger partial charge in [-0.2, -0.15) is 0 Å². The van der Waals surface area contributed by atoms with Crippen LogP contribution in [-0.4, -0.2) is 10.2 Å². The Hall–Kier alpha value is -1.96. The third kappa shape index (κ3) is 1.87. The average molecular weight is 214 g/mol. The van der Waals surface area contributed by atoms with Gasteiger partial charge in [-0.05, 0) is 42.7 Å². The number of phenolic OH excluding ortho intramolecular Hbond substituents is 2. The van der Waals surface area contributed by atoms with Crippen LogP contribution in [0, 0.1) is 13.8 Å². The standard InChI is InChI=1S/C14H14O2/c1-9-3-4-10(2)12(7-9)11-5-6-13(15)14(16)8-11/h3-8,15-16H,1-2H3. The highest BCUT2D eigenvalue weighted by Crippen LogP contribution is 2.32. The van der Waals surface area contributed by atoms with Crippen molar-refractivity contribution in [3.63, 3.8) is 0 Å². The highest BCUT2D eigenvalue weighted by molar-refractivity contribution is 5.70. The Morgan fingerprint density at radius 3 is 2.25 bits per heavy atom. The van der Waals surface area contributed by atoms with Gasteiger partial charge in [0.05, 0.1) is 0 Å². The van der Waals surface area contributed by atoms with Crippen LogP contribution in [0.1, 0.15) is 11.1 Å². The lowest BCUT2D eigenvalue weighted by Crippen LogP contribution is -1.84. The largest absolute Gasteiger partial charge is 0.504 e. The third-order valence-corrected chi connectivity index (χ3v) is 2.68. The summed E-state index contributed by atoms with van der Waals surface area (Å²) in [6, 6.07) is 11.1. The number of aromatic hydroxyl groups is 2. The maximum absolute atomic E-state index is 9.47. The summed E-state index contributed by atoms with van der Waals surface area (Å²) in [5.74, 6) is -0.174. The van der Waals surface area contributed by atoms with E-state index >= 15 is 0 Å². The minimum absolute atomic E-state index is 0.0848. The smallest absolute Gasteiger partial charge is 0.158 e. The van der Waals surface area contributed by atoms with Gasteiger partial charge in [0.15, 0.2) is 11.5 Å². The molecule has 0 aliphatic heterocycles. The molecule has 0 fully saturated rings. The van der Waals surface area contributed by atoms with Crippen LogP contribution in [-0.2, 0) is 0 Å². The fourth-order valence-corrected chi connectivity index (χ4v) is 1.74. The highest BCUT2D eigenvalue weighted by atomic mass is 16.3. The van der Waals surface area contributed by atoms with E-state index in [1.807, 2.05) is 13.8 Å². The van der Waals surface area contributed by atoms with Crippen molar-refractivity contribution in [2.75, 3.05) is 0 Å². The Morgan fingerprint density at radius 2 is 1.56 bits per heavy atom. The third-order valence-electron chi connectivity index (χ3n) is 2.68. The number of hydrogen-bond acceptors (Lipinski definition) is 2. The van der Waals surface area contributed by atoms with Gasteiger partial charge in [-0.1, -0.05) is 29.8 Å². The second kappa shape index (κ2) is 3.89. The molecule has 2 rings (SSSR count). The molecular weight excluding hydrogens is 200 g/mol. The van der Waals surface area contributed by atoms with Gasteiger partial charge in [0.1, 0.15) is 0 Å². The van der Waals surface area contributed by atoms with Crippen LogP contribution in [0.15, 0.2) is 36.4 Å². The van der Waals surface area contributed by atoms with Gasteiger partial charge in [0.2, 0.25) is 0 Å². The fourth-order valence-electron chi connectivity index (χ4n) is 1.74. The van der Waals surface area contributed by atoms with E-state index in [4.69, 9.17) is 0 Å². The quantitative estimate of drug-likeness (QED) is 0.714. The first-order valence-electron chi connectivity index (χ1n) is 5.17. The minimum atomic E-state index is -0.0888. The van der Waals surface area contributed by atoms with Gasteiger partial charge >= 0.3 is 0 Å². The summed E-state index contributed by atoms with van der Waals surface area (Å²) in [7, 11) is 0. The van der Waals surface area contributed by atoms with Crippen LogP contribution in [0.3, 0.4) is 0 Å². The predicted molar refractivity (Wildman–Crippen MR) is 64.7 cm³/mol. The molecule has 0 amide bonds. The minimum Gasteiger partial charge on any atom is -0.504 e. The number of benzene rings is 2. The molecule has 2 nitrogen and oxygen atoms in total. The number of rotatable bonds is 1. The van der Waals surface area contributed by atoms with Crippen LogP contribution in [0.5, 0.6) is 11.5 Å². The maximum atomic E-state index is 9.47. The maximum Gasteiger partial charge on any atom is 0.158 e. The van der Waals surface area contributed by atoms with Crippen molar-refractivity contribution < 1.29 is 10.2 Å². The summed E-state index contributed by atoms with van der Waals surface area (Å²) in [4.78, 5) is 0. The zero-order valence-corrected chi connectivity index (χ0v) is 9.36. The van der Waals surface area contributed by atoms with E-state index in [1.54, 1.807) is 12.1 Å². The van der Waals surface area contributed by atoms with Crippen molar-refractivity contribution in [1.29, 1.82) is 0 Å². The second-order valence-corrected chi connectivity index (χ2v) is 4.02. The number of phenols is 2. The molecule has 2 aromatic carbocycles. The molecule has 0 aliphatic rings. The Kier molecular flexibility index (Phi) is 2.57. The molecule has 0 spiro atoms. The van der Waals surface area contributed by atoms with Gasteiger partial charge in [-0.15, -0.1) is 0 Å². The summed E-state index contributed by atoms with van der Waals surface area (Å²) in [5, 5.41) is 18.7. The zero-order valence-electron chi connectivity index (χ0n) is 9.36. The molecule has 0 unspecified atom stereocenters. The molecular formula is C14H14O2. The molecule has 0 atom stereocenters. The Bertz CT molecular complexity index is 530. The first kappa shape index (κ1) is 10.6. The number of aryl methyl sites for hydroxylation is 2. The molecule has 2 heteroatoms. The second-order valence-electron chi connectivity index (χ2n) is 4.02. The van der Waals surface area contributed by atoms with E-state index in [0.29, 0.717) is 0 Å². The summed E-state index contributed by atoms with van der Waals surface area (Å²) < 4.78 is 0. The first-order chi connectivity index (χ1) is 7.58. The molecule has 0 bridgehead atoms. The first-order valence-corrected chi connectivity index (χ1v) is 5.17. The topological polar surface area (TPSA) is 40.5 Å². The van der Waals surface area contributed by atoms with Crippen LogP contribution in [0.25, 0.3) is 11.1 Å². The van der Waals surface area contributed by atoms with Crippen molar-refractivity contribution >= 4 is 0 Å². The SMILES string of the molecule is Cc1ccc(C)c(-c2ccc(O)c(O)c2)c1. The van der Waals surface area contributed by atoms with E-state index in [9.17, 15) is 10.2 Å². The van der Waals surface area contributed by atoms with E-state index in [-0.39, 0.29) is 11.5 Å². The van der Waals surface area contributed by atoms with Crippen molar-refractivity contribution in [3.05, 3.63) is 47.5 Å². The van der Waals surface area contributed by atoms with Crippen molar-refractivity contribution in [3.8, 4) is 22.6 Å².